The SMILES string of the molecule is COc1ccc([N+](=O)[O-])cc1C(c1c(C)[nH]n(-c2cccc(C(=O)O)c2)c1=O)c1c(C)[nH]n(-c2cccc(C(=O)O)c2)c1=O. The second-order valence-corrected chi connectivity index (χ2v) is 9.91. The summed E-state index contributed by atoms with van der Waals surface area (Å²) in [5.41, 5.74) is -0.431. The molecule has 0 aliphatic carbocycles. The molecule has 5 rings (SSSR count). The van der Waals surface area contributed by atoms with Crippen LogP contribution in [0.4, 0.5) is 5.69 Å². The summed E-state index contributed by atoms with van der Waals surface area (Å²) in [6, 6.07) is 15.2. The number of non-ortho nitro benzene ring substituents is 1. The van der Waals surface area contributed by atoms with Crippen molar-refractivity contribution in [1.82, 2.24) is 19.6 Å². The first kappa shape index (κ1) is 29.3. The molecule has 0 aliphatic rings. The summed E-state index contributed by atoms with van der Waals surface area (Å²) in [4.78, 5) is 62.6. The molecule has 0 fully saturated rings. The number of ether oxygens (including phenoxy) is 1. The number of nitrogens with one attached hydrogen (secondary N) is 2. The number of carboxylic acid groups (broad SMARTS) is 2. The number of hydrogen-bond donors (Lipinski definition) is 4. The fourth-order valence-electron chi connectivity index (χ4n) is 5.23. The van der Waals surface area contributed by atoms with Crippen LogP contribution in [0.5, 0.6) is 5.75 Å². The number of aromatic nitrogens is 4. The van der Waals surface area contributed by atoms with Gasteiger partial charge >= 0.3 is 11.9 Å². The van der Waals surface area contributed by atoms with Crippen LogP contribution < -0.4 is 15.9 Å². The number of aryl methyl sites for hydroxylation is 2. The summed E-state index contributed by atoms with van der Waals surface area (Å²) < 4.78 is 7.80. The van der Waals surface area contributed by atoms with Crippen LogP contribution in [0, 0.1) is 24.0 Å². The molecule has 0 aliphatic heterocycles. The molecule has 14 nitrogen and oxygen atoms in total. The summed E-state index contributed by atoms with van der Waals surface area (Å²) >= 11 is 0. The van der Waals surface area contributed by atoms with Gasteiger partial charge in [-0.1, -0.05) is 12.1 Å². The second-order valence-electron chi connectivity index (χ2n) is 9.91. The van der Waals surface area contributed by atoms with E-state index in [1.807, 2.05) is 0 Å². The van der Waals surface area contributed by atoms with Gasteiger partial charge in [0, 0.05) is 29.1 Å². The Labute approximate surface area is 247 Å². The van der Waals surface area contributed by atoms with Crippen LogP contribution in [0.1, 0.15) is 54.7 Å². The lowest BCUT2D eigenvalue weighted by molar-refractivity contribution is -0.384. The van der Waals surface area contributed by atoms with Gasteiger partial charge in [-0.05, 0) is 56.3 Å². The van der Waals surface area contributed by atoms with Gasteiger partial charge < -0.3 is 14.9 Å². The molecular formula is C30H25N5O9. The molecule has 0 amide bonds. The Balaban J connectivity index is 1.83. The van der Waals surface area contributed by atoms with Crippen molar-refractivity contribution in [3.63, 3.8) is 0 Å². The molecule has 14 heteroatoms. The molecule has 0 saturated heterocycles. The Hall–Kier alpha value is -6.18. The van der Waals surface area contributed by atoms with Gasteiger partial charge in [0.05, 0.1) is 51.6 Å². The normalized spacial score (nSPS) is 11.1. The molecule has 2 heterocycles. The van der Waals surface area contributed by atoms with E-state index in [0.717, 1.165) is 9.36 Å². The average Bonchev–Trinajstić information content (AvgIpc) is 3.47. The Kier molecular flexibility index (Phi) is 7.49. The van der Waals surface area contributed by atoms with Crippen LogP contribution in [-0.2, 0) is 0 Å². The van der Waals surface area contributed by atoms with Gasteiger partial charge in [-0.3, -0.25) is 29.9 Å². The molecule has 5 aromatic rings. The maximum absolute atomic E-state index is 14.1. The molecular weight excluding hydrogens is 574 g/mol. The lowest BCUT2D eigenvalue weighted by Gasteiger charge is -2.18. The minimum Gasteiger partial charge on any atom is -0.496 e. The number of carbonyl (C=O) groups is 2. The van der Waals surface area contributed by atoms with E-state index in [-0.39, 0.29) is 50.6 Å². The summed E-state index contributed by atoms with van der Waals surface area (Å²) in [5, 5.41) is 36.6. The predicted octanol–water partition coefficient (Wildman–Crippen LogP) is 3.75. The molecule has 2 aromatic heterocycles. The first-order chi connectivity index (χ1) is 20.9. The fourth-order valence-corrected chi connectivity index (χ4v) is 5.23. The zero-order valence-corrected chi connectivity index (χ0v) is 23.5. The Morgan fingerprint density at radius 3 is 1.70 bits per heavy atom. The van der Waals surface area contributed by atoms with Gasteiger partial charge in [0.1, 0.15) is 5.75 Å². The van der Waals surface area contributed by atoms with E-state index in [0.29, 0.717) is 11.4 Å². The number of hydrogen-bond acceptors (Lipinski definition) is 7. The minimum atomic E-state index is -1.22. The van der Waals surface area contributed by atoms with Crippen molar-refractivity contribution in [2.24, 2.45) is 0 Å². The molecule has 4 N–H and O–H groups in total. The molecule has 3 aromatic carbocycles. The van der Waals surface area contributed by atoms with Crippen molar-refractivity contribution in [2.45, 2.75) is 19.8 Å². The molecule has 44 heavy (non-hydrogen) atoms. The lowest BCUT2D eigenvalue weighted by atomic mass is 9.84. The van der Waals surface area contributed by atoms with Crippen molar-refractivity contribution in [3.05, 3.63) is 137 Å². The predicted molar refractivity (Wildman–Crippen MR) is 157 cm³/mol. The lowest BCUT2D eigenvalue weighted by Crippen LogP contribution is -2.26. The highest BCUT2D eigenvalue weighted by atomic mass is 16.6. The smallest absolute Gasteiger partial charge is 0.335 e. The van der Waals surface area contributed by atoms with E-state index < -0.39 is 33.9 Å². The van der Waals surface area contributed by atoms with Crippen LogP contribution in [0.25, 0.3) is 11.4 Å². The van der Waals surface area contributed by atoms with Crippen molar-refractivity contribution in [3.8, 4) is 17.1 Å². The third-order valence-corrected chi connectivity index (χ3v) is 7.25. The van der Waals surface area contributed by atoms with E-state index in [1.54, 1.807) is 13.8 Å². The summed E-state index contributed by atoms with van der Waals surface area (Å²) in [6.45, 7) is 3.17. The van der Waals surface area contributed by atoms with E-state index in [9.17, 15) is 39.5 Å². The van der Waals surface area contributed by atoms with Gasteiger partial charge in [-0.2, -0.15) is 0 Å². The number of nitrogens with zero attached hydrogens (tertiary/aromatic N) is 3. The van der Waals surface area contributed by atoms with E-state index in [4.69, 9.17) is 4.74 Å². The van der Waals surface area contributed by atoms with E-state index >= 15 is 0 Å². The number of rotatable bonds is 9. The van der Waals surface area contributed by atoms with Crippen LogP contribution in [0.15, 0.2) is 76.3 Å². The van der Waals surface area contributed by atoms with E-state index in [1.165, 1.54) is 73.8 Å². The van der Waals surface area contributed by atoms with Gasteiger partial charge in [0.2, 0.25) is 0 Å². The summed E-state index contributed by atoms with van der Waals surface area (Å²) in [5.74, 6) is -3.44. The highest BCUT2D eigenvalue weighted by Crippen LogP contribution is 2.39. The molecule has 224 valence electrons. The highest BCUT2D eigenvalue weighted by molar-refractivity contribution is 5.88. The van der Waals surface area contributed by atoms with Gasteiger partial charge in [-0.25, -0.2) is 19.0 Å². The summed E-state index contributed by atoms with van der Waals surface area (Å²) in [6.07, 6.45) is 0. The van der Waals surface area contributed by atoms with Crippen LogP contribution >= 0.6 is 0 Å². The summed E-state index contributed by atoms with van der Waals surface area (Å²) in [7, 11) is 1.35. The van der Waals surface area contributed by atoms with Crippen LogP contribution in [0.2, 0.25) is 0 Å². The van der Waals surface area contributed by atoms with E-state index in [2.05, 4.69) is 10.2 Å². The largest absolute Gasteiger partial charge is 0.496 e. The molecule has 0 spiro atoms. The van der Waals surface area contributed by atoms with Crippen molar-refractivity contribution >= 4 is 17.6 Å². The van der Waals surface area contributed by atoms with Crippen LogP contribution in [0.3, 0.4) is 0 Å². The number of nitro benzene ring substituents is 1. The first-order valence-corrected chi connectivity index (χ1v) is 13.1. The monoisotopic (exact) mass is 599 g/mol. The number of aromatic amines is 2. The fraction of sp³-hybridized carbons (Fsp3) is 0.133. The Morgan fingerprint density at radius 2 is 1.30 bits per heavy atom. The number of methoxy groups -OCH3 is 1. The Bertz CT molecular complexity index is 1970. The number of H-pyrrole nitrogens is 2. The van der Waals surface area contributed by atoms with Crippen LogP contribution in [-0.4, -0.2) is 53.7 Å². The topological polar surface area (TPSA) is 203 Å². The highest BCUT2D eigenvalue weighted by Gasteiger charge is 2.34. The molecule has 0 atom stereocenters. The third-order valence-electron chi connectivity index (χ3n) is 7.25. The zero-order chi connectivity index (χ0) is 31.9. The third kappa shape index (κ3) is 5.04. The van der Waals surface area contributed by atoms with Crippen molar-refractivity contribution in [1.29, 1.82) is 0 Å². The number of carboxylic acids is 2. The number of aromatic carboxylic acids is 2. The molecule has 0 saturated carbocycles. The second kappa shape index (κ2) is 11.2. The van der Waals surface area contributed by atoms with Crippen molar-refractivity contribution < 1.29 is 29.5 Å². The van der Waals surface area contributed by atoms with Crippen molar-refractivity contribution in [2.75, 3.05) is 7.11 Å². The minimum absolute atomic E-state index is 0.0511. The molecule has 0 radical (unpaired) electrons. The quantitative estimate of drug-likeness (QED) is 0.144. The number of nitro groups is 1. The van der Waals surface area contributed by atoms with Gasteiger partial charge in [0.15, 0.2) is 0 Å². The average molecular weight is 600 g/mol. The zero-order valence-electron chi connectivity index (χ0n) is 23.5. The standard InChI is InChI=1S/C30H25N5O9/c1-15-24(27(36)33(31-15)19-8-4-6-17(12-19)29(38)39)26(22-14-21(35(42)43)10-11-23(22)44-3)25-16(2)32-34(28(25)37)20-9-5-7-18(13-20)30(40)41/h4-14,26,31-32H,1-3H3,(H,38,39)(H,40,41). The first-order valence-electron chi connectivity index (χ1n) is 13.1. The van der Waals surface area contributed by atoms with Gasteiger partial charge in [-0.15, -0.1) is 0 Å². The maximum Gasteiger partial charge on any atom is 0.335 e. The van der Waals surface area contributed by atoms with Gasteiger partial charge in [0.25, 0.3) is 16.8 Å². The molecule has 0 unspecified atom stereocenters. The Morgan fingerprint density at radius 1 is 0.818 bits per heavy atom. The number of benzene rings is 3. The molecule has 0 bridgehead atoms. The maximum atomic E-state index is 14.1.